The van der Waals surface area contributed by atoms with Crippen molar-refractivity contribution in [1.82, 2.24) is 0 Å². The zero-order chi connectivity index (χ0) is 13.7. The maximum absolute atomic E-state index is 8.75. The summed E-state index contributed by atoms with van der Waals surface area (Å²) in [7, 11) is 0. The highest BCUT2D eigenvalue weighted by molar-refractivity contribution is 5.52. The molecule has 0 saturated heterocycles. The van der Waals surface area contributed by atoms with Crippen LogP contribution < -0.4 is 10.5 Å². The predicted molar refractivity (Wildman–Crippen MR) is 76.1 cm³/mol. The minimum absolute atomic E-state index is 0.290. The molecule has 0 bridgehead atoms. The van der Waals surface area contributed by atoms with Crippen molar-refractivity contribution in [2.45, 2.75) is 19.8 Å². The highest BCUT2D eigenvalue weighted by Gasteiger charge is 2.03. The van der Waals surface area contributed by atoms with E-state index < -0.39 is 0 Å². The second-order valence-corrected chi connectivity index (χ2v) is 4.30. The summed E-state index contributed by atoms with van der Waals surface area (Å²) >= 11 is 0. The van der Waals surface area contributed by atoms with Gasteiger partial charge >= 0.3 is 0 Å². The summed E-state index contributed by atoms with van der Waals surface area (Å²) in [4.78, 5) is 0. The lowest BCUT2D eigenvalue weighted by Gasteiger charge is -2.09. The molecule has 0 saturated carbocycles. The van der Waals surface area contributed by atoms with Crippen LogP contribution in [0, 0.1) is 11.3 Å². The van der Waals surface area contributed by atoms with Crippen molar-refractivity contribution in [3.8, 4) is 17.6 Å². The van der Waals surface area contributed by atoms with E-state index in [4.69, 9.17) is 15.7 Å². The summed E-state index contributed by atoms with van der Waals surface area (Å²) in [6, 6.07) is 15.5. The van der Waals surface area contributed by atoms with E-state index in [0.717, 1.165) is 17.7 Å². The summed E-state index contributed by atoms with van der Waals surface area (Å²) in [5.74, 6) is 1.50. The number of ether oxygens (including phenoxy) is 1. The number of hydrogen-bond donors (Lipinski definition) is 1. The average molecular weight is 252 g/mol. The molecule has 0 fully saturated rings. The third kappa shape index (κ3) is 3.26. The standard InChI is InChI=1S/C16H16N2O/c1-2-12-4-3-5-14(10-12)19-15-6-7-16(18)13(11-15)8-9-17/h3-7,10-11H,2,8,18H2,1H3. The Kier molecular flexibility index (Phi) is 4.04. The number of nitrogens with zero attached hydrogens (tertiary/aromatic N) is 1. The molecule has 0 spiro atoms. The molecule has 0 radical (unpaired) electrons. The van der Waals surface area contributed by atoms with Crippen LogP contribution in [-0.4, -0.2) is 0 Å². The second-order valence-electron chi connectivity index (χ2n) is 4.30. The van der Waals surface area contributed by atoms with Gasteiger partial charge in [-0.1, -0.05) is 19.1 Å². The quantitative estimate of drug-likeness (QED) is 0.844. The fraction of sp³-hybridized carbons (Fsp3) is 0.188. The van der Waals surface area contributed by atoms with E-state index in [1.165, 1.54) is 5.56 Å². The zero-order valence-corrected chi connectivity index (χ0v) is 10.9. The van der Waals surface area contributed by atoms with Gasteiger partial charge in [0.25, 0.3) is 0 Å². The Morgan fingerprint density at radius 1 is 1.16 bits per heavy atom. The number of anilines is 1. The van der Waals surface area contributed by atoms with Crippen molar-refractivity contribution >= 4 is 5.69 Å². The highest BCUT2D eigenvalue weighted by atomic mass is 16.5. The van der Waals surface area contributed by atoms with Crippen molar-refractivity contribution < 1.29 is 4.74 Å². The summed E-state index contributed by atoms with van der Waals surface area (Å²) in [5.41, 5.74) is 8.45. The Morgan fingerprint density at radius 3 is 2.68 bits per heavy atom. The van der Waals surface area contributed by atoms with E-state index in [0.29, 0.717) is 11.4 Å². The SMILES string of the molecule is CCc1cccc(Oc2ccc(N)c(CC#N)c2)c1. The monoisotopic (exact) mass is 252 g/mol. The van der Waals surface area contributed by atoms with Gasteiger partial charge in [-0.2, -0.15) is 5.26 Å². The first-order valence-electron chi connectivity index (χ1n) is 6.25. The molecule has 0 aromatic heterocycles. The molecule has 0 aliphatic carbocycles. The molecule has 0 atom stereocenters. The first-order chi connectivity index (χ1) is 9.22. The van der Waals surface area contributed by atoms with Crippen LogP contribution >= 0.6 is 0 Å². The molecular formula is C16H16N2O. The van der Waals surface area contributed by atoms with Gasteiger partial charge < -0.3 is 10.5 Å². The van der Waals surface area contributed by atoms with Gasteiger partial charge in [0.1, 0.15) is 11.5 Å². The number of hydrogen-bond acceptors (Lipinski definition) is 3. The maximum atomic E-state index is 8.75. The van der Waals surface area contributed by atoms with Crippen molar-refractivity contribution in [3.63, 3.8) is 0 Å². The van der Waals surface area contributed by atoms with Crippen LogP contribution in [0.25, 0.3) is 0 Å². The topological polar surface area (TPSA) is 59.0 Å². The molecule has 2 N–H and O–H groups in total. The summed E-state index contributed by atoms with van der Waals surface area (Å²) in [6.45, 7) is 2.10. The normalized spacial score (nSPS) is 9.89. The van der Waals surface area contributed by atoms with Crippen LogP contribution in [0.2, 0.25) is 0 Å². The van der Waals surface area contributed by atoms with E-state index in [-0.39, 0.29) is 6.42 Å². The zero-order valence-electron chi connectivity index (χ0n) is 10.9. The van der Waals surface area contributed by atoms with E-state index in [1.54, 1.807) is 6.07 Å². The Hall–Kier alpha value is -2.47. The minimum Gasteiger partial charge on any atom is -0.457 e. The molecule has 0 aliphatic heterocycles. The molecule has 0 heterocycles. The number of benzene rings is 2. The van der Waals surface area contributed by atoms with Crippen molar-refractivity contribution in [3.05, 3.63) is 53.6 Å². The molecule has 2 aromatic rings. The van der Waals surface area contributed by atoms with Crippen LogP contribution in [-0.2, 0) is 12.8 Å². The lowest BCUT2D eigenvalue weighted by atomic mass is 10.1. The molecule has 3 nitrogen and oxygen atoms in total. The van der Waals surface area contributed by atoms with Crippen LogP contribution in [0.15, 0.2) is 42.5 Å². The molecular weight excluding hydrogens is 236 g/mol. The second kappa shape index (κ2) is 5.92. The minimum atomic E-state index is 0.290. The van der Waals surface area contributed by atoms with Gasteiger partial charge in [0, 0.05) is 5.69 Å². The molecule has 2 rings (SSSR count). The molecule has 2 aromatic carbocycles. The molecule has 0 aliphatic rings. The third-order valence-electron chi connectivity index (χ3n) is 2.93. The molecule has 3 heteroatoms. The van der Waals surface area contributed by atoms with Gasteiger partial charge in [0.05, 0.1) is 12.5 Å². The van der Waals surface area contributed by atoms with Crippen LogP contribution in [0.4, 0.5) is 5.69 Å². The first-order valence-corrected chi connectivity index (χ1v) is 6.25. The Bertz CT molecular complexity index is 614. The summed E-state index contributed by atoms with van der Waals surface area (Å²) in [6.07, 6.45) is 1.26. The third-order valence-corrected chi connectivity index (χ3v) is 2.93. The summed E-state index contributed by atoms with van der Waals surface area (Å²) in [5, 5.41) is 8.75. The number of nitrogen functional groups attached to an aromatic ring is 1. The Labute approximate surface area is 113 Å². The number of nitriles is 1. The van der Waals surface area contributed by atoms with Gasteiger partial charge in [-0.25, -0.2) is 0 Å². The number of rotatable bonds is 4. The van der Waals surface area contributed by atoms with Crippen molar-refractivity contribution in [2.75, 3.05) is 5.73 Å². The lowest BCUT2D eigenvalue weighted by molar-refractivity contribution is 0.481. The molecule has 19 heavy (non-hydrogen) atoms. The summed E-state index contributed by atoms with van der Waals surface area (Å²) < 4.78 is 5.80. The Balaban J connectivity index is 2.23. The van der Waals surface area contributed by atoms with Crippen LogP contribution in [0.3, 0.4) is 0 Å². The molecule has 0 amide bonds. The number of nitrogens with two attached hydrogens (primary N) is 1. The fourth-order valence-corrected chi connectivity index (χ4v) is 1.85. The smallest absolute Gasteiger partial charge is 0.127 e. The van der Waals surface area contributed by atoms with E-state index in [1.807, 2.05) is 30.3 Å². The van der Waals surface area contributed by atoms with Crippen LogP contribution in [0.1, 0.15) is 18.1 Å². The predicted octanol–water partition coefficient (Wildman–Crippen LogP) is 3.69. The van der Waals surface area contributed by atoms with E-state index in [9.17, 15) is 0 Å². The molecule has 0 unspecified atom stereocenters. The van der Waals surface area contributed by atoms with Crippen molar-refractivity contribution in [1.29, 1.82) is 5.26 Å². The maximum Gasteiger partial charge on any atom is 0.127 e. The van der Waals surface area contributed by atoms with Gasteiger partial charge in [-0.3, -0.25) is 0 Å². The number of aryl methyl sites for hydroxylation is 1. The largest absolute Gasteiger partial charge is 0.457 e. The Morgan fingerprint density at radius 2 is 1.95 bits per heavy atom. The lowest BCUT2D eigenvalue weighted by Crippen LogP contribution is -1.94. The fourth-order valence-electron chi connectivity index (χ4n) is 1.85. The van der Waals surface area contributed by atoms with Crippen LogP contribution in [0.5, 0.6) is 11.5 Å². The van der Waals surface area contributed by atoms with Gasteiger partial charge in [-0.05, 0) is 47.9 Å². The molecule has 96 valence electrons. The van der Waals surface area contributed by atoms with Crippen molar-refractivity contribution in [2.24, 2.45) is 0 Å². The van der Waals surface area contributed by atoms with E-state index in [2.05, 4.69) is 19.1 Å². The first kappa shape index (κ1) is 13.0. The van der Waals surface area contributed by atoms with Gasteiger partial charge in [0.15, 0.2) is 0 Å². The van der Waals surface area contributed by atoms with Gasteiger partial charge in [0.2, 0.25) is 0 Å². The highest BCUT2D eigenvalue weighted by Crippen LogP contribution is 2.26. The average Bonchev–Trinajstić information content (AvgIpc) is 2.43. The van der Waals surface area contributed by atoms with Gasteiger partial charge in [-0.15, -0.1) is 0 Å². The van der Waals surface area contributed by atoms with E-state index >= 15 is 0 Å².